The Bertz CT molecular complexity index is 666. The van der Waals surface area contributed by atoms with Gasteiger partial charge in [-0.25, -0.2) is 9.97 Å². The Balaban J connectivity index is 1.70. The molecule has 1 aliphatic rings. The van der Waals surface area contributed by atoms with E-state index < -0.39 is 0 Å². The zero-order chi connectivity index (χ0) is 17.1. The maximum atomic E-state index is 5.96. The number of nitrogens with one attached hydrogen (secondary N) is 1. The molecular weight excluding hydrogens is 320 g/mol. The van der Waals surface area contributed by atoms with Gasteiger partial charge in [0.15, 0.2) is 5.13 Å². The van der Waals surface area contributed by atoms with Crippen molar-refractivity contribution >= 4 is 22.3 Å². The van der Waals surface area contributed by atoms with Crippen LogP contribution in [0.4, 0.5) is 10.9 Å². The normalized spacial score (nSPS) is 19.0. The first kappa shape index (κ1) is 17.3. The number of ether oxygens (including phenoxy) is 1. The molecule has 1 fully saturated rings. The van der Waals surface area contributed by atoms with Crippen LogP contribution in [0, 0.1) is 19.8 Å². The molecule has 0 aliphatic carbocycles. The van der Waals surface area contributed by atoms with E-state index >= 15 is 0 Å². The number of nitrogens with zero attached hydrogens (tertiary/aromatic N) is 3. The van der Waals surface area contributed by atoms with Gasteiger partial charge in [-0.3, -0.25) is 4.90 Å². The van der Waals surface area contributed by atoms with E-state index in [9.17, 15) is 0 Å². The lowest BCUT2D eigenvalue weighted by Crippen LogP contribution is -2.40. The number of aryl methyl sites for hydroxylation is 2. The molecule has 3 heterocycles. The summed E-state index contributed by atoms with van der Waals surface area (Å²) in [7, 11) is 0. The average Bonchev–Trinajstić information content (AvgIpc) is 2.85. The van der Waals surface area contributed by atoms with Crippen LogP contribution in [-0.2, 0) is 4.74 Å². The fourth-order valence-corrected chi connectivity index (χ4v) is 3.72. The molecule has 3 rings (SSSR count). The second kappa shape index (κ2) is 7.59. The van der Waals surface area contributed by atoms with Gasteiger partial charge in [0.2, 0.25) is 0 Å². The van der Waals surface area contributed by atoms with Gasteiger partial charge < -0.3 is 10.1 Å². The zero-order valence-electron chi connectivity index (χ0n) is 14.9. The lowest BCUT2D eigenvalue weighted by atomic mass is 10.1. The topological polar surface area (TPSA) is 50.3 Å². The van der Waals surface area contributed by atoms with Crippen molar-refractivity contribution in [1.82, 2.24) is 14.9 Å². The van der Waals surface area contributed by atoms with E-state index in [0.717, 1.165) is 48.6 Å². The van der Waals surface area contributed by atoms with Gasteiger partial charge in [0.05, 0.1) is 18.0 Å². The molecule has 1 saturated heterocycles. The third-order valence-electron chi connectivity index (χ3n) is 4.14. The molecule has 24 heavy (non-hydrogen) atoms. The van der Waals surface area contributed by atoms with Crippen LogP contribution >= 0.6 is 11.3 Å². The van der Waals surface area contributed by atoms with Gasteiger partial charge in [0.25, 0.3) is 0 Å². The molecule has 6 heteroatoms. The van der Waals surface area contributed by atoms with Gasteiger partial charge in [-0.05, 0) is 31.9 Å². The van der Waals surface area contributed by atoms with Crippen molar-refractivity contribution in [3.8, 4) is 0 Å². The lowest BCUT2D eigenvalue weighted by Gasteiger charge is -2.33. The first-order chi connectivity index (χ1) is 11.5. The summed E-state index contributed by atoms with van der Waals surface area (Å²) in [5.74, 6) is 1.49. The SMILES string of the molecule is Cc1nc(Nc2cccc([C@H]3CN(CC(C)C)CCO3)n2)sc1C. The predicted molar refractivity (Wildman–Crippen MR) is 99.1 cm³/mol. The molecule has 2 aromatic rings. The van der Waals surface area contributed by atoms with Gasteiger partial charge in [0, 0.05) is 24.5 Å². The molecule has 0 radical (unpaired) electrons. The number of pyridine rings is 1. The molecule has 0 unspecified atom stereocenters. The first-order valence-corrected chi connectivity index (χ1v) is 9.35. The summed E-state index contributed by atoms with van der Waals surface area (Å²) >= 11 is 1.66. The Kier molecular flexibility index (Phi) is 5.48. The first-order valence-electron chi connectivity index (χ1n) is 8.53. The summed E-state index contributed by atoms with van der Waals surface area (Å²) in [6.45, 7) is 12.4. The largest absolute Gasteiger partial charge is 0.369 e. The fraction of sp³-hybridized carbons (Fsp3) is 0.556. The Hall–Kier alpha value is -1.50. The Morgan fingerprint density at radius 1 is 1.33 bits per heavy atom. The minimum absolute atomic E-state index is 0.0408. The van der Waals surface area contributed by atoms with Gasteiger partial charge in [-0.15, -0.1) is 11.3 Å². The minimum atomic E-state index is 0.0408. The van der Waals surface area contributed by atoms with E-state index in [1.807, 2.05) is 25.1 Å². The summed E-state index contributed by atoms with van der Waals surface area (Å²) in [5.41, 5.74) is 2.05. The highest BCUT2D eigenvalue weighted by Gasteiger charge is 2.23. The standard InChI is InChI=1S/C18H26N4OS/c1-12(2)10-22-8-9-23-16(11-22)15-6-5-7-17(20-15)21-18-19-13(3)14(4)24-18/h5-7,12,16H,8-11H2,1-4H3,(H,19,20,21)/t16-/m1/s1. The van der Waals surface area contributed by atoms with Crippen LogP contribution in [0.25, 0.3) is 0 Å². The Labute approximate surface area is 148 Å². The second-order valence-corrected chi connectivity index (χ2v) is 7.95. The summed E-state index contributed by atoms with van der Waals surface area (Å²) in [5, 5.41) is 4.21. The summed E-state index contributed by atoms with van der Waals surface area (Å²) in [4.78, 5) is 13.0. The summed E-state index contributed by atoms with van der Waals surface area (Å²) in [6, 6.07) is 6.06. The quantitative estimate of drug-likeness (QED) is 0.889. The monoisotopic (exact) mass is 346 g/mol. The number of morpholine rings is 1. The number of thiazole rings is 1. The third-order valence-corrected chi connectivity index (χ3v) is 5.13. The van der Waals surface area contributed by atoms with Gasteiger partial charge in [-0.1, -0.05) is 19.9 Å². The van der Waals surface area contributed by atoms with Crippen molar-refractivity contribution in [1.29, 1.82) is 0 Å². The Morgan fingerprint density at radius 3 is 2.88 bits per heavy atom. The number of hydrogen-bond acceptors (Lipinski definition) is 6. The molecule has 0 saturated carbocycles. The van der Waals surface area contributed by atoms with Gasteiger partial charge in [-0.2, -0.15) is 0 Å². The van der Waals surface area contributed by atoms with Crippen LogP contribution < -0.4 is 5.32 Å². The van der Waals surface area contributed by atoms with Crippen molar-refractivity contribution in [2.45, 2.75) is 33.8 Å². The minimum Gasteiger partial charge on any atom is -0.369 e. The van der Waals surface area contributed by atoms with Crippen molar-refractivity contribution < 1.29 is 4.74 Å². The van der Waals surface area contributed by atoms with Crippen molar-refractivity contribution in [2.75, 3.05) is 31.6 Å². The molecule has 0 amide bonds. The fourth-order valence-electron chi connectivity index (χ4n) is 2.90. The van der Waals surface area contributed by atoms with E-state index in [4.69, 9.17) is 9.72 Å². The van der Waals surface area contributed by atoms with E-state index in [-0.39, 0.29) is 6.10 Å². The maximum Gasteiger partial charge on any atom is 0.188 e. The molecule has 1 atom stereocenters. The summed E-state index contributed by atoms with van der Waals surface area (Å²) < 4.78 is 5.96. The van der Waals surface area contributed by atoms with Crippen LogP contribution in [0.1, 0.15) is 36.2 Å². The van der Waals surface area contributed by atoms with E-state index in [1.54, 1.807) is 11.3 Å². The van der Waals surface area contributed by atoms with Crippen LogP contribution in [0.3, 0.4) is 0 Å². The molecule has 1 aliphatic heterocycles. The molecule has 2 aromatic heterocycles. The van der Waals surface area contributed by atoms with Crippen molar-refractivity contribution in [3.63, 3.8) is 0 Å². The molecule has 130 valence electrons. The molecule has 5 nitrogen and oxygen atoms in total. The predicted octanol–water partition coefficient (Wildman–Crippen LogP) is 3.93. The van der Waals surface area contributed by atoms with Gasteiger partial charge in [0.1, 0.15) is 11.9 Å². The lowest BCUT2D eigenvalue weighted by molar-refractivity contribution is -0.0351. The highest BCUT2D eigenvalue weighted by Crippen LogP contribution is 2.26. The number of anilines is 2. The van der Waals surface area contributed by atoms with Crippen molar-refractivity contribution in [2.24, 2.45) is 5.92 Å². The van der Waals surface area contributed by atoms with Gasteiger partial charge >= 0.3 is 0 Å². The van der Waals surface area contributed by atoms with Crippen LogP contribution in [0.2, 0.25) is 0 Å². The number of rotatable bonds is 5. The number of hydrogen-bond donors (Lipinski definition) is 1. The molecule has 0 spiro atoms. The van der Waals surface area contributed by atoms with E-state index in [1.165, 1.54) is 4.88 Å². The number of aromatic nitrogens is 2. The van der Waals surface area contributed by atoms with Crippen LogP contribution in [-0.4, -0.2) is 41.1 Å². The smallest absolute Gasteiger partial charge is 0.188 e. The Morgan fingerprint density at radius 2 is 2.17 bits per heavy atom. The molecule has 0 aromatic carbocycles. The summed E-state index contributed by atoms with van der Waals surface area (Å²) in [6.07, 6.45) is 0.0408. The second-order valence-electron chi connectivity index (χ2n) is 6.75. The molecule has 0 bridgehead atoms. The highest BCUT2D eigenvalue weighted by atomic mass is 32.1. The van der Waals surface area contributed by atoms with Crippen LogP contribution in [0.5, 0.6) is 0 Å². The molecular formula is C18H26N4OS. The zero-order valence-corrected chi connectivity index (χ0v) is 15.7. The van der Waals surface area contributed by atoms with E-state index in [0.29, 0.717) is 5.92 Å². The molecule has 1 N–H and O–H groups in total. The van der Waals surface area contributed by atoms with E-state index in [2.05, 4.69) is 36.0 Å². The maximum absolute atomic E-state index is 5.96. The van der Waals surface area contributed by atoms with Crippen LogP contribution in [0.15, 0.2) is 18.2 Å². The van der Waals surface area contributed by atoms with Crippen molar-refractivity contribution in [3.05, 3.63) is 34.5 Å². The highest BCUT2D eigenvalue weighted by molar-refractivity contribution is 7.15. The average molecular weight is 346 g/mol. The third kappa shape index (κ3) is 4.32.